The maximum absolute atomic E-state index is 13.5. The Morgan fingerprint density at radius 3 is 2.83 bits per heavy atom. The molecule has 1 aromatic heterocycles. The first-order chi connectivity index (χ1) is 8.60. The van der Waals surface area contributed by atoms with Gasteiger partial charge in [-0.05, 0) is 39.7 Å². The molecule has 0 aliphatic heterocycles. The van der Waals surface area contributed by atoms with Crippen LogP contribution < -0.4 is 11.3 Å². The van der Waals surface area contributed by atoms with Crippen LogP contribution in [0.3, 0.4) is 0 Å². The van der Waals surface area contributed by atoms with Crippen LogP contribution in [-0.4, -0.2) is 9.78 Å². The molecule has 2 aromatic rings. The summed E-state index contributed by atoms with van der Waals surface area (Å²) in [5, 5.41) is 4.28. The lowest BCUT2D eigenvalue weighted by Gasteiger charge is -2.15. The molecule has 96 valence electrons. The molecule has 18 heavy (non-hydrogen) atoms. The maximum Gasteiger partial charge on any atom is 0.137 e. The standard InChI is InChI=1S/C12H14BrFN4/c1-18-5-4-9(17-18)7-12(16-15)8-2-3-10(13)11(14)6-8/h2-6,12,16H,7,15H2,1H3. The highest BCUT2D eigenvalue weighted by atomic mass is 79.9. The summed E-state index contributed by atoms with van der Waals surface area (Å²) in [5.41, 5.74) is 4.39. The molecule has 0 aliphatic carbocycles. The van der Waals surface area contributed by atoms with Crippen LogP contribution in [-0.2, 0) is 13.5 Å². The normalized spacial score (nSPS) is 12.7. The van der Waals surface area contributed by atoms with Gasteiger partial charge < -0.3 is 0 Å². The van der Waals surface area contributed by atoms with Gasteiger partial charge in [0, 0.05) is 19.7 Å². The van der Waals surface area contributed by atoms with Crippen LogP contribution in [0, 0.1) is 5.82 Å². The van der Waals surface area contributed by atoms with Crippen molar-refractivity contribution in [2.24, 2.45) is 12.9 Å². The molecule has 0 fully saturated rings. The molecule has 6 heteroatoms. The summed E-state index contributed by atoms with van der Waals surface area (Å²) < 4.78 is 15.7. The molecule has 0 saturated heterocycles. The summed E-state index contributed by atoms with van der Waals surface area (Å²) in [4.78, 5) is 0. The molecule has 0 saturated carbocycles. The summed E-state index contributed by atoms with van der Waals surface area (Å²) in [6.45, 7) is 0. The molecule has 1 atom stereocenters. The van der Waals surface area contributed by atoms with Gasteiger partial charge in [0.05, 0.1) is 16.2 Å². The highest BCUT2D eigenvalue weighted by Crippen LogP contribution is 2.22. The molecule has 0 amide bonds. The number of aromatic nitrogens is 2. The van der Waals surface area contributed by atoms with Gasteiger partial charge in [-0.3, -0.25) is 16.0 Å². The van der Waals surface area contributed by atoms with E-state index in [1.807, 2.05) is 25.4 Å². The monoisotopic (exact) mass is 312 g/mol. The van der Waals surface area contributed by atoms with Crippen molar-refractivity contribution in [3.05, 3.63) is 52.0 Å². The molecule has 4 nitrogen and oxygen atoms in total. The van der Waals surface area contributed by atoms with Gasteiger partial charge in [0.1, 0.15) is 5.82 Å². The lowest BCUT2D eigenvalue weighted by atomic mass is 10.0. The third kappa shape index (κ3) is 2.95. The third-order valence-corrected chi connectivity index (χ3v) is 3.37. The molecule has 2 rings (SSSR count). The highest BCUT2D eigenvalue weighted by molar-refractivity contribution is 9.10. The van der Waals surface area contributed by atoms with Crippen molar-refractivity contribution in [3.8, 4) is 0 Å². The van der Waals surface area contributed by atoms with Crippen molar-refractivity contribution in [2.75, 3.05) is 0 Å². The Hall–Kier alpha value is -1.24. The van der Waals surface area contributed by atoms with E-state index in [0.29, 0.717) is 10.9 Å². The van der Waals surface area contributed by atoms with Crippen molar-refractivity contribution in [1.29, 1.82) is 0 Å². The first-order valence-electron chi connectivity index (χ1n) is 5.49. The summed E-state index contributed by atoms with van der Waals surface area (Å²) in [5.74, 6) is 5.23. The zero-order chi connectivity index (χ0) is 13.1. The van der Waals surface area contributed by atoms with Crippen LogP contribution in [0.1, 0.15) is 17.3 Å². The fourth-order valence-electron chi connectivity index (χ4n) is 1.78. The first-order valence-corrected chi connectivity index (χ1v) is 6.29. The zero-order valence-corrected chi connectivity index (χ0v) is 11.5. The van der Waals surface area contributed by atoms with Crippen LogP contribution in [0.2, 0.25) is 0 Å². The fraction of sp³-hybridized carbons (Fsp3) is 0.250. The smallest absolute Gasteiger partial charge is 0.137 e. The number of benzene rings is 1. The second-order valence-corrected chi connectivity index (χ2v) is 4.93. The van der Waals surface area contributed by atoms with E-state index >= 15 is 0 Å². The number of nitrogens with zero attached hydrogens (tertiary/aromatic N) is 2. The second kappa shape index (κ2) is 5.60. The molecular formula is C12H14BrFN4. The lowest BCUT2D eigenvalue weighted by Crippen LogP contribution is -2.29. The minimum atomic E-state index is -0.297. The number of nitrogens with two attached hydrogens (primary N) is 1. The van der Waals surface area contributed by atoms with Gasteiger partial charge in [0.15, 0.2) is 0 Å². The number of aryl methyl sites for hydroxylation is 1. The van der Waals surface area contributed by atoms with Gasteiger partial charge >= 0.3 is 0 Å². The zero-order valence-electron chi connectivity index (χ0n) is 9.90. The highest BCUT2D eigenvalue weighted by Gasteiger charge is 2.13. The van der Waals surface area contributed by atoms with Crippen molar-refractivity contribution in [3.63, 3.8) is 0 Å². The van der Waals surface area contributed by atoms with Crippen LogP contribution >= 0.6 is 15.9 Å². The van der Waals surface area contributed by atoms with Crippen LogP contribution in [0.4, 0.5) is 4.39 Å². The van der Waals surface area contributed by atoms with Crippen molar-refractivity contribution in [2.45, 2.75) is 12.5 Å². The average Bonchev–Trinajstić information content (AvgIpc) is 2.75. The van der Waals surface area contributed by atoms with Crippen molar-refractivity contribution in [1.82, 2.24) is 15.2 Å². The number of hydrogen-bond acceptors (Lipinski definition) is 3. The number of nitrogens with one attached hydrogen (secondary N) is 1. The Balaban J connectivity index is 2.19. The molecule has 1 aromatic carbocycles. The fourth-order valence-corrected chi connectivity index (χ4v) is 2.03. The summed E-state index contributed by atoms with van der Waals surface area (Å²) in [6, 6.07) is 6.73. The third-order valence-electron chi connectivity index (χ3n) is 2.73. The topological polar surface area (TPSA) is 55.9 Å². The minimum absolute atomic E-state index is 0.164. The van der Waals surface area contributed by atoms with Gasteiger partial charge in [-0.2, -0.15) is 5.10 Å². The molecule has 1 unspecified atom stereocenters. The largest absolute Gasteiger partial charge is 0.276 e. The SMILES string of the molecule is Cn1ccc(CC(NN)c2ccc(Br)c(F)c2)n1. The maximum atomic E-state index is 13.5. The minimum Gasteiger partial charge on any atom is -0.276 e. The van der Waals surface area contributed by atoms with E-state index < -0.39 is 0 Å². The van der Waals surface area contributed by atoms with Crippen LogP contribution in [0.15, 0.2) is 34.9 Å². The number of rotatable bonds is 4. The number of hydrogen-bond donors (Lipinski definition) is 2. The predicted molar refractivity (Wildman–Crippen MR) is 71.1 cm³/mol. The van der Waals surface area contributed by atoms with Crippen molar-refractivity contribution >= 4 is 15.9 Å². The van der Waals surface area contributed by atoms with Gasteiger partial charge in [-0.25, -0.2) is 4.39 Å². The van der Waals surface area contributed by atoms with E-state index in [0.717, 1.165) is 11.3 Å². The molecule has 0 spiro atoms. The van der Waals surface area contributed by atoms with Gasteiger partial charge in [-0.1, -0.05) is 6.07 Å². The molecule has 1 heterocycles. The number of halogens is 2. The van der Waals surface area contributed by atoms with Gasteiger partial charge in [0.25, 0.3) is 0 Å². The molecule has 0 aliphatic rings. The van der Waals surface area contributed by atoms with Crippen molar-refractivity contribution < 1.29 is 4.39 Å². The molecule has 3 N–H and O–H groups in total. The van der Waals surface area contributed by atoms with Gasteiger partial charge in [-0.15, -0.1) is 0 Å². The molecular weight excluding hydrogens is 299 g/mol. The summed E-state index contributed by atoms with van der Waals surface area (Å²) in [6.07, 6.45) is 2.48. The van der Waals surface area contributed by atoms with E-state index in [-0.39, 0.29) is 11.9 Å². The Morgan fingerprint density at radius 1 is 1.50 bits per heavy atom. The van der Waals surface area contributed by atoms with E-state index in [2.05, 4.69) is 26.5 Å². The Labute approximate surface area is 113 Å². The number of hydrazine groups is 1. The Morgan fingerprint density at radius 2 is 2.28 bits per heavy atom. The summed E-state index contributed by atoms with van der Waals surface area (Å²) in [7, 11) is 1.85. The quantitative estimate of drug-likeness (QED) is 0.671. The lowest BCUT2D eigenvalue weighted by molar-refractivity contribution is 0.534. The first kappa shape index (κ1) is 13.2. The predicted octanol–water partition coefficient (Wildman–Crippen LogP) is 2.07. The summed E-state index contributed by atoms with van der Waals surface area (Å²) >= 11 is 3.13. The van der Waals surface area contributed by atoms with Gasteiger partial charge in [0.2, 0.25) is 0 Å². The van der Waals surface area contributed by atoms with E-state index in [9.17, 15) is 4.39 Å². The average molecular weight is 313 g/mol. The van der Waals surface area contributed by atoms with Crippen LogP contribution in [0.5, 0.6) is 0 Å². The van der Waals surface area contributed by atoms with E-state index in [4.69, 9.17) is 5.84 Å². The van der Waals surface area contributed by atoms with E-state index in [1.54, 1.807) is 10.7 Å². The second-order valence-electron chi connectivity index (χ2n) is 4.08. The Kier molecular flexibility index (Phi) is 4.11. The van der Waals surface area contributed by atoms with E-state index in [1.165, 1.54) is 6.07 Å². The molecule has 0 bridgehead atoms. The molecule has 0 radical (unpaired) electrons. The Bertz CT molecular complexity index is 541. The van der Waals surface area contributed by atoms with Crippen LogP contribution in [0.25, 0.3) is 0 Å².